The van der Waals surface area contributed by atoms with Crippen molar-refractivity contribution >= 4 is 16.8 Å². The van der Waals surface area contributed by atoms with E-state index in [4.69, 9.17) is 0 Å². The molecule has 2 aromatic rings. The third-order valence-electron chi connectivity index (χ3n) is 6.98. The van der Waals surface area contributed by atoms with Gasteiger partial charge in [0.2, 0.25) is 5.91 Å². The summed E-state index contributed by atoms with van der Waals surface area (Å²) in [6.45, 7) is 11.0. The fourth-order valence-corrected chi connectivity index (χ4v) is 5.19. The van der Waals surface area contributed by atoms with Gasteiger partial charge in [0.25, 0.3) is 0 Å². The summed E-state index contributed by atoms with van der Waals surface area (Å²) in [7, 11) is 0. The Kier molecular flexibility index (Phi) is 5.57. The highest BCUT2D eigenvalue weighted by Gasteiger charge is 2.26. The van der Waals surface area contributed by atoms with Crippen LogP contribution in [0.25, 0.3) is 10.9 Å². The first-order chi connectivity index (χ1) is 14.3. The van der Waals surface area contributed by atoms with Crippen molar-refractivity contribution in [2.24, 2.45) is 0 Å². The molecule has 0 atom stereocenters. The maximum absolute atomic E-state index is 12.9. The van der Waals surface area contributed by atoms with Crippen molar-refractivity contribution in [2.75, 3.05) is 65.4 Å². The molecule has 1 aromatic carbocycles. The summed E-state index contributed by atoms with van der Waals surface area (Å²) in [6, 6.07) is 8.54. The summed E-state index contributed by atoms with van der Waals surface area (Å²) in [6.07, 6.45) is 3.74. The summed E-state index contributed by atoms with van der Waals surface area (Å²) in [5.74, 6) is 0.295. The van der Waals surface area contributed by atoms with Crippen molar-refractivity contribution in [2.45, 2.75) is 25.8 Å². The van der Waals surface area contributed by atoms with Crippen molar-refractivity contribution in [3.05, 3.63) is 35.5 Å². The van der Waals surface area contributed by atoms with E-state index in [2.05, 4.69) is 48.8 Å². The number of aromatic nitrogens is 1. The van der Waals surface area contributed by atoms with E-state index in [-0.39, 0.29) is 0 Å². The average Bonchev–Trinajstić information content (AvgIpc) is 3.40. The zero-order valence-corrected chi connectivity index (χ0v) is 17.4. The monoisotopic (exact) mass is 395 g/mol. The van der Waals surface area contributed by atoms with Gasteiger partial charge in [0.15, 0.2) is 0 Å². The minimum Gasteiger partial charge on any atom is -0.357 e. The zero-order chi connectivity index (χ0) is 19.6. The van der Waals surface area contributed by atoms with Crippen LogP contribution in [0.4, 0.5) is 0 Å². The van der Waals surface area contributed by atoms with E-state index in [0.29, 0.717) is 12.5 Å². The Morgan fingerprint density at radius 2 is 1.59 bits per heavy atom. The lowest BCUT2D eigenvalue weighted by atomic mass is 10.0. The van der Waals surface area contributed by atoms with E-state index in [9.17, 15) is 4.79 Å². The number of amides is 1. The average molecular weight is 396 g/mol. The number of carbonyl (C=O) groups excluding carboxylic acids is 1. The van der Waals surface area contributed by atoms with Crippen molar-refractivity contribution in [3.8, 4) is 0 Å². The molecule has 1 N–H and O–H groups in total. The number of para-hydroxylation sites is 1. The van der Waals surface area contributed by atoms with E-state index < -0.39 is 0 Å². The molecule has 1 aromatic heterocycles. The number of H-pyrrole nitrogens is 1. The summed E-state index contributed by atoms with van der Waals surface area (Å²) < 4.78 is 0. The van der Waals surface area contributed by atoms with Crippen molar-refractivity contribution in [3.63, 3.8) is 0 Å². The molecule has 4 heterocycles. The van der Waals surface area contributed by atoms with Crippen LogP contribution in [0.3, 0.4) is 0 Å². The first-order valence-corrected chi connectivity index (χ1v) is 11.3. The van der Waals surface area contributed by atoms with Crippen LogP contribution in [0.1, 0.15) is 24.1 Å². The van der Waals surface area contributed by atoms with Gasteiger partial charge in [0, 0.05) is 69.0 Å². The summed E-state index contributed by atoms with van der Waals surface area (Å²) in [5, 5.41) is 1.35. The smallest absolute Gasteiger partial charge is 0.236 e. The minimum atomic E-state index is 0.295. The Labute approximate surface area is 173 Å². The fraction of sp³-hybridized carbons (Fsp3) is 0.609. The predicted molar refractivity (Wildman–Crippen MR) is 116 cm³/mol. The molecule has 0 bridgehead atoms. The van der Waals surface area contributed by atoms with Gasteiger partial charge in [0.1, 0.15) is 0 Å². The maximum atomic E-state index is 12.9. The van der Waals surface area contributed by atoms with E-state index in [1.54, 1.807) is 0 Å². The number of likely N-dealkylation sites (tertiary alicyclic amines) is 1. The van der Waals surface area contributed by atoms with E-state index in [1.807, 2.05) is 0 Å². The lowest BCUT2D eigenvalue weighted by Gasteiger charge is -2.36. The molecule has 2 fully saturated rings. The summed E-state index contributed by atoms with van der Waals surface area (Å²) in [5.41, 5.74) is 3.95. The van der Waals surface area contributed by atoms with Crippen molar-refractivity contribution in [1.82, 2.24) is 24.6 Å². The van der Waals surface area contributed by atoms with Crippen LogP contribution in [0.2, 0.25) is 0 Å². The quantitative estimate of drug-likeness (QED) is 0.838. The molecule has 6 nitrogen and oxygen atoms in total. The molecule has 1 amide bonds. The molecule has 3 aliphatic rings. The number of rotatable bonds is 5. The normalized spacial score (nSPS) is 21.7. The standard InChI is InChI=1S/C23H33N5O/c29-23(28-15-13-26(14-16-28)12-11-25-8-3-4-9-25)18-27-10-7-20-19-5-1-2-6-21(19)24-22(20)17-27/h1-2,5-6,24H,3-4,7-18H2. The SMILES string of the molecule is O=C(CN1CCc2c([nH]c3ccccc23)C1)N1CCN(CCN2CCCC2)CC1. The van der Waals surface area contributed by atoms with Crippen LogP contribution >= 0.6 is 0 Å². The van der Waals surface area contributed by atoms with Gasteiger partial charge in [-0.15, -0.1) is 0 Å². The number of piperazine rings is 1. The maximum Gasteiger partial charge on any atom is 0.236 e. The van der Waals surface area contributed by atoms with Gasteiger partial charge in [-0.3, -0.25) is 14.6 Å². The Balaban J connectivity index is 1.10. The largest absolute Gasteiger partial charge is 0.357 e. The van der Waals surface area contributed by atoms with Crippen LogP contribution < -0.4 is 0 Å². The number of nitrogens with zero attached hydrogens (tertiary/aromatic N) is 4. The lowest BCUT2D eigenvalue weighted by molar-refractivity contribution is -0.134. The molecule has 156 valence electrons. The van der Waals surface area contributed by atoms with Crippen LogP contribution in [-0.2, 0) is 17.8 Å². The second kappa shape index (κ2) is 8.46. The van der Waals surface area contributed by atoms with Crippen LogP contribution in [0.5, 0.6) is 0 Å². The van der Waals surface area contributed by atoms with Gasteiger partial charge in [-0.1, -0.05) is 18.2 Å². The highest BCUT2D eigenvalue weighted by molar-refractivity contribution is 5.85. The second-order valence-electron chi connectivity index (χ2n) is 8.86. The molecule has 0 radical (unpaired) electrons. The van der Waals surface area contributed by atoms with Gasteiger partial charge < -0.3 is 14.8 Å². The molecule has 0 spiro atoms. The van der Waals surface area contributed by atoms with Crippen molar-refractivity contribution < 1.29 is 4.79 Å². The highest BCUT2D eigenvalue weighted by atomic mass is 16.2. The van der Waals surface area contributed by atoms with Crippen LogP contribution in [0, 0.1) is 0 Å². The molecule has 6 heteroatoms. The molecule has 2 saturated heterocycles. The number of carbonyl (C=O) groups is 1. The Hall–Kier alpha value is -1.89. The van der Waals surface area contributed by atoms with Gasteiger partial charge in [-0.05, 0) is 44.0 Å². The molecule has 0 aliphatic carbocycles. The predicted octanol–water partition coefficient (Wildman–Crippen LogP) is 1.77. The molecule has 3 aliphatic heterocycles. The molecule has 0 saturated carbocycles. The van der Waals surface area contributed by atoms with E-state index in [1.165, 1.54) is 54.6 Å². The fourth-order valence-electron chi connectivity index (χ4n) is 5.19. The van der Waals surface area contributed by atoms with E-state index >= 15 is 0 Å². The molecular weight excluding hydrogens is 362 g/mol. The van der Waals surface area contributed by atoms with Gasteiger partial charge in [-0.25, -0.2) is 0 Å². The summed E-state index contributed by atoms with van der Waals surface area (Å²) >= 11 is 0. The molecule has 0 unspecified atom stereocenters. The Bertz CT molecular complexity index is 848. The molecular formula is C23H33N5O. The Morgan fingerprint density at radius 3 is 2.38 bits per heavy atom. The number of hydrogen-bond acceptors (Lipinski definition) is 4. The Morgan fingerprint density at radius 1 is 0.862 bits per heavy atom. The molecule has 5 rings (SSSR count). The first kappa shape index (κ1) is 19.1. The highest BCUT2D eigenvalue weighted by Crippen LogP contribution is 2.27. The minimum absolute atomic E-state index is 0.295. The van der Waals surface area contributed by atoms with Crippen LogP contribution in [0.15, 0.2) is 24.3 Å². The number of hydrogen-bond donors (Lipinski definition) is 1. The van der Waals surface area contributed by atoms with Gasteiger partial charge >= 0.3 is 0 Å². The van der Waals surface area contributed by atoms with Gasteiger partial charge in [0.05, 0.1) is 6.54 Å². The molecule has 29 heavy (non-hydrogen) atoms. The van der Waals surface area contributed by atoms with Crippen molar-refractivity contribution in [1.29, 1.82) is 0 Å². The van der Waals surface area contributed by atoms with E-state index in [0.717, 1.165) is 52.2 Å². The number of nitrogens with one attached hydrogen (secondary N) is 1. The van der Waals surface area contributed by atoms with Gasteiger partial charge in [-0.2, -0.15) is 0 Å². The number of fused-ring (bicyclic) bond motifs is 3. The first-order valence-electron chi connectivity index (χ1n) is 11.3. The lowest BCUT2D eigenvalue weighted by Crippen LogP contribution is -2.52. The van der Waals surface area contributed by atoms with Crippen LogP contribution in [-0.4, -0.2) is 95.9 Å². The number of benzene rings is 1. The third kappa shape index (κ3) is 4.20. The second-order valence-corrected chi connectivity index (χ2v) is 8.86. The third-order valence-corrected chi connectivity index (χ3v) is 6.98. The summed E-state index contributed by atoms with van der Waals surface area (Å²) in [4.78, 5) is 25.9. The topological polar surface area (TPSA) is 45.8 Å². The number of aromatic amines is 1. The zero-order valence-electron chi connectivity index (χ0n) is 17.4.